The predicted octanol–water partition coefficient (Wildman–Crippen LogP) is 1.11. The molecule has 0 radical (unpaired) electrons. The Morgan fingerprint density at radius 2 is 2.00 bits per heavy atom. The summed E-state index contributed by atoms with van der Waals surface area (Å²) in [4.78, 5) is 37.2. The topological polar surface area (TPSA) is 86.7 Å². The van der Waals surface area contributed by atoms with Crippen molar-refractivity contribution in [2.75, 3.05) is 20.1 Å². The number of rotatable bonds is 5. The highest BCUT2D eigenvalue weighted by atomic mass is 16.4. The monoisotopic (exact) mass is 298 g/mol. The SMILES string of the molecule is CNC(=O)C1CCCN(C(=O)CC(C)(C(=O)O)C(C)C)C1. The maximum Gasteiger partial charge on any atom is 0.310 e. The van der Waals surface area contributed by atoms with Gasteiger partial charge in [0.15, 0.2) is 0 Å². The fraction of sp³-hybridized carbons (Fsp3) is 0.800. The van der Waals surface area contributed by atoms with Gasteiger partial charge in [0.25, 0.3) is 0 Å². The molecule has 2 unspecified atom stereocenters. The first-order valence-electron chi connectivity index (χ1n) is 7.45. The van der Waals surface area contributed by atoms with Gasteiger partial charge in [-0.1, -0.05) is 13.8 Å². The van der Waals surface area contributed by atoms with Gasteiger partial charge in [0.05, 0.1) is 11.3 Å². The lowest BCUT2D eigenvalue weighted by Crippen LogP contribution is -2.47. The molecule has 6 heteroatoms. The lowest BCUT2D eigenvalue weighted by Gasteiger charge is -2.35. The highest BCUT2D eigenvalue weighted by Gasteiger charge is 2.40. The van der Waals surface area contributed by atoms with Gasteiger partial charge in [-0.25, -0.2) is 0 Å². The fourth-order valence-electron chi connectivity index (χ4n) is 2.57. The molecular weight excluding hydrogens is 272 g/mol. The van der Waals surface area contributed by atoms with Crippen LogP contribution < -0.4 is 5.32 Å². The molecule has 0 aliphatic carbocycles. The van der Waals surface area contributed by atoms with Crippen molar-refractivity contribution < 1.29 is 19.5 Å². The Balaban J connectivity index is 2.74. The Hall–Kier alpha value is -1.59. The van der Waals surface area contributed by atoms with E-state index in [4.69, 9.17) is 0 Å². The molecule has 120 valence electrons. The summed E-state index contributed by atoms with van der Waals surface area (Å²) in [6.07, 6.45) is 1.51. The van der Waals surface area contributed by atoms with Crippen LogP contribution in [0.1, 0.15) is 40.0 Å². The van der Waals surface area contributed by atoms with Crippen LogP contribution in [-0.2, 0) is 14.4 Å². The van der Waals surface area contributed by atoms with E-state index in [9.17, 15) is 19.5 Å². The first-order valence-corrected chi connectivity index (χ1v) is 7.45. The molecule has 0 bridgehead atoms. The van der Waals surface area contributed by atoms with Gasteiger partial charge in [0, 0.05) is 26.6 Å². The van der Waals surface area contributed by atoms with E-state index in [-0.39, 0.29) is 30.1 Å². The van der Waals surface area contributed by atoms with Crippen molar-refractivity contribution in [3.63, 3.8) is 0 Å². The summed E-state index contributed by atoms with van der Waals surface area (Å²) in [6, 6.07) is 0. The van der Waals surface area contributed by atoms with E-state index in [2.05, 4.69) is 5.32 Å². The summed E-state index contributed by atoms with van der Waals surface area (Å²) in [7, 11) is 1.59. The molecule has 6 nitrogen and oxygen atoms in total. The summed E-state index contributed by atoms with van der Waals surface area (Å²) in [5.41, 5.74) is -1.07. The molecule has 1 saturated heterocycles. The number of carbonyl (C=O) groups excluding carboxylic acids is 2. The molecule has 2 amide bonds. The maximum atomic E-state index is 12.4. The van der Waals surface area contributed by atoms with E-state index < -0.39 is 11.4 Å². The van der Waals surface area contributed by atoms with Gasteiger partial charge in [0.1, 0.15) is 0 Å². The lowest BCUT2D eigenvalue weighted by atomic mass is 9.76. The summed E-state index contributed by atoms with van der Waals surface area (Å²) < 4.78 is 0. The van der Waals surface area contributed by atoms with E-state index in [0.717, 1.165) is 12.8 Å². The number of nitrogens with zero attached hydrogens (tertiary/aromatic N) is 1. The summed E-state index contributed by atoms with van der Waals surface area (Å²) in [6.45, 7) is 6.21. The molecule has 1 heterocycles. The molecule has 1 aliphatic heterocycles. The second-order valence-corrected chi connectivity index (χ2v) is 6.35. The molecule has 2 atom stereocenters. The average molecular weight is 298 g/mol. The quantitative estimate of drug-likeness (QED) is 0.796. The molecular formula is C15H26N2O4. The highest BCUT2D eigenvalue weighted by Crippen LogP contribution is 2.32. The molecule has 2 N–H and O–H groups in total. The van der Waals surface area contributed by atoms with Gasteiger partial charge >= 0.3 is 5.97 Å². The van der Waals surface area contributed by atoms with Crippen LogP contribution in [-0.4, -0.2) is 47.9 Å². The van der Waals surface area contributed by atoms with Crippen molar-refractivity contribution in [1.82, 2.24) is 10.2 Å². The van der Waals surface area contributed by atoms with Crippen molar-refractivity contribution >= 4 is 17.8 Å². The minimum atomic E-state index is -1.07. The largest absolute Gasteiger partial charge is 0.481 e. The molecule has 21 heavy (non-hydrogen) atoms. The predicted molar refractivity (Wildman–Crippen MR) is 78.6 cm³/mol. The highest BCUT2D eigenvalue weighted by molar-refractivity contribution is 5.86. The number of piperidine rings is 1. The third kappa shape index (κ3) is 3.95. The van der Waals surface area contributed by atoms with Crippen molar-refractivity contribution in [3.8, 4) is 0 Å². The fourth-order valence-corrected chi connectivity index (χ4v) is 2.57. The number of hydrogen-bond acceptors (Lipinski definition) is 3. The Labute approximate surface area is 125 Å². The number of carbonyl (C=O) groups is 3. The number of carboxylic acid groups (broad SMARTS) is 1. The summed E-state index contributed by atoms with van der Waals surface area (Å²) >= 11 is 0. The number of carboxylic acids is 1. The third-order valence-corrected chi connectivity index (χ3v) is 4.67. The maximum absolute atomic E-state index is 12.4. The van der Waals surface area contributed by atoms with E-state index in [1.54, 1.807) is 18.9 Å². The molecule has 1 fully saturated rings. The second kappa shape index (κ2) is 6.91. The number of hydrogen-bond donors (Lipinski definition) is 2. The van der Waals surface area contributed by atoms with E-state index >= 15 is 0 Å². The van der Waals surface area contributed by atoms with Crippen LogP contribution in [0.5, 0.6) is 0 Å². The molecule has 1 rings (SSSR count). The van der Waals surface area contributed by atoms with E-state index in [1.807, 2.05) is 13.8 Å². The second-order valence-electron chi connectivity index (χ2n) is 6.35. The minimum Gasteiger partial charge on any atom is -0.481 e. The number of amides is 2. The zero-order valence-electron chi connectivity index (χ0n) is 13.3. The van der Waals surface area contributed by atoms with Crippen LogP contribution in [0, 0.1) is 17.3 Å². The van der Waals surface area contributed by atoms with Crippen molar-refractivity contribution in [1.29, 1.82) is 0 Å². The Kier molecular flexibility index (Phi) is 5.75. The third-order valence-electron chi connectivity index (χ3n) is 4.67. The average Bonchev–Trinajstić information content (AvgIpc) is 2.45. The number of aliphatic carboxylic acids is 1. The standard InChI is InChI=1S/C15H26N2O4/c1-10(2)15(3,14(20)21)8-12(18)17-7-5-6-11(9-17)13(19)16-4/h10-11H,5-9H2,1-4H3,(H,16,19)(H,20,21). The van der Waals surface area contributed by atoms with Crippen LogP contribution in [0.25, 0.3) is 0 Å². The van der Waals surface area contributed by atoms with Crippen LogP contribution in [0.15, 0.2) is 0 Å². The van der Waals surface area contributed by atoms with E-state index in [0.29, 0.717) is 13.1 Å². The zero-order chi connectivity index (χ0) is 16.2. The molecule has 0 spiro atoms. The Bertz CT molecular complexity index is 422. The Morgan fingerprint density at radius 1 is 1.38 bits per heavy atom. The van der Waals surface area contributed by atoms with Gasteiger partial charge in [-0.05, 0) is 25.7 Å². The zero-order valence-corrected chi connectivity index (χ0v) is 13.3. The minimum absolute atomic E-state index is 0.0273. The van der Waals surface area contributed by atoms with Crippen LogP contribution in [0.4, 0.5) is 0 Å². The van der Waals surface area contributed by atoms with Gasteiger partial charge in [-0.2, -0.15) is 0 Å². The number of nitrogens with one attached hydrogen (secondary N) is 1. The molecule has 0 saturated carbocycles. The van der Waals surface area contributed by atoms with Crippen LogP contribution in [0.3, 0.4) is 0 Å². The van der Waals surface area contributed by atoms with Gasteiger partial charge in [-0.3, -0.25) is 14.4 Å². The normalized spacial score (nSPS) is 21.8. The smallest absolute Gasteiger partial charge is 0.310 e. The van der Waals surface area contributed by atoms with Gasteiger partial charge < -0.3 is 15.3 Å². The lowest BCUT2D eigenvalue weighted by molar-refractivity contribution is -0.156. The summed E-state index contributed by atoms with van der Waals surface area (Å²) in [5, 5.41) is 12.0. The van der Waals surface area contributed by atoms with Crippen LogP contribution in [0.2, 0.25) is 0 Å². The van der Waals surface area contributed by atoms with Gasteiger partial charge in [0.2, 0.25) is 11.8 Å². The first kappa shape index (κ1) is 17.5. The van der Waals surface area contributed by atoms with Crippen molar-refractivity contribution in [2.45, 2.75) is 40.0 Å². The van der Waals surface area contributed by atoms with Crippen molar-refractivity contribution in [3.05, 3.63) is 0 Å². The molecule has 1 aliphatic rings. The summed E-state index contributed by atoms with van der Waals surface area (Å²) in [5.74, 6) is -1.52. The van der Waals surface area contributed by atoms with Gasteiger partial charge in [-0.15, -0.1) is 0 Å². The molecule has 0 aromatic rings. The Morgan fingerprint density at radius 3 is 2.48 bits per heavy atom. The van der Waals surface area contributed by atoms with E-state index in [1.165, 1.54) is 0 Å². The molecule has 0 aromatic carbocycles. The van der Waals surface area contributed by atoms with Crippen molar-refractivity contribution in [2.24, 2.45) is 17.3 Å². The first-order chi connectivity index (χ1) is 9.72. The number of likely N-dealkylation sites (tertiary alicyclic amines) is 1. The molecule has 0 aromatic heterocycles. The van der Waals surface area contributed by atoms with Crippen LogP contribution >= 0.6 is 0 Å².